The maximum atomic E-state index is 12.8. The summed E-state index contributed by atoms with van der Waals surface area (Å²) in [6.07, 6.45) is 11.1. The summed E-state index contributed by atoms with van der Waals surface area (Å²) in [6.45, 7) is 12.9. The molecule has 4 saturated heterocycles. The molecule has 14 heteroatoms. The number of unbranched alkanes of at least 4 members (excludes halogenated alkanes) is 8. The Labute approximate surface area is 266 Å². The van der Waals surface area contributed by atoms with Gasteiger partial charge in [-0.3, -0.25) is 19.1 Å². The molecule has 45 heavy (non-hydrogen) atoms. The van der Waals surface area contributed by atoms with Crippen molar-refractivity contribution in [2.24, 2.45) is 0 Å². The van der Waals surface area contributed by atoms with Crippen LogP contribution >= 0.6 is 7.82 Å². The normalized spacial score (nSPS) is 28.0. The molecule has 4 aliphatic heterocycles. The Morgan fingerprint density at radius 1 is 0.956 bits per heavy atom. The number of H-pyrrole nitrogens is 1. The first-order valence-electron chi connectivity index (χ1n) is 17.0. The summed E-state index contributed by atoms with van der Waals surface area (Å²) in [4.78, 5) is 61.3. The van der Waals surface area contributed by atoms with Gasteiger partial charge in [-0.2, -0.15) is 0 Å². The summed E-state index contributed by atoms with van der Waals surface area (Å²) in [5.41, 5.74) is -0.975. The summed E-state index contributed by atoms with van der Waals surface area (Å²) in [7, 11) is -5.29. The highest BCUT2D eigenvalue weighted by Gasteiger charge is 2.48. The molecule has 5 rings (SSSR count). The minimum Gasteiger partial charge on any atom is -0.790 e. The lowest BCUT2D eigenvalue weighted by atomic mass is 10.0. The molecule has 5 heterocycles. The molecule has 0 radical (unpaired) electrons. The smallest absolute Gasteiger partial charge is 0.330 e. The fourth-order valence-electron chi connectivity index (χ4n) is 7.25. The molecule has 1 N–H and O–H groups in total. The number of phosphoric ester groups is 1. The number of phosphoric acid groups is 1. The number of carbonyl (C=O) groups is 1. The molecule has 13 nitrogen and oxygen atoms in total. The molecule has 256 valence electrons. The molecule has 1 aromatic rings. The van der Waals surface area contributed by atoms with Crippen LogP contribution in [0.25, 0.3) is 0 Å². The number of nitrogens with zero attached hydrogens (tertiary/aromatic N) is 3. The number of hydrogen-bond acceptors (Lipinski definition) is 9. The Morgan fingerprint density at radius 3 is 2.09 bits per heavy atom. The highest BCUT2D eigenvalue weighted by atomic mass is 31.2. The first-order chi connectivity index (χ1) is 21.4. The van der Waals surface area contributed by atoms with E-state index in [1.54, 1.807) is 0 Å². The van der Waals surface area contributed by atoms with E-state index in [9.17, 15) is 28.7 Å². The molecule has 0 saturated carbocycles. The van der Waals surface area contributed by atoms with Crippen LogP contribution in [0.1, 0.15) is 95.8 Å². The lowest BCUT2D eigenvalue weighted by molar-refractivity contribution is -1.08. The van der Waals surface area contributed by atoms with Gasteiger partial charge in [-0.25, -0.2) is 4.79 Å². The van der Waals surface area contributed by atoms with Crippen molar-refractivity contribution < 1.29 is 42.1 Å². The zero-order chi connectivity index (χ0) is 32.5. The zero-order valence-corrected chi connectivity index (χ0v) is 28.0. The molecular weight excluding hydrogens is 603 g/mol. The quantitative estimate of drug-likeness (QED) is 0.101. The summed E-state index contributed by atoms with van der Waals surface area (Å²) < 4.78 is 30.5. The number of quaternary nitrogens is 2. The number of nitrogens with one attached hydrogen (secondary N) is 1. The second-order valence-electron chi connectivity index (χ2n) is 13.5. The lowest BCUT2D eigenvalue weighted by Gasteiger charge is -2.55. The highest BCUT2D eigenvalue weighted by Crippen LogP contribution is 2.34. The number of esters is 1. The number of ether oxygens (including phenoxy) is 2. The van der Waals surface area contributed by atoms with Crippen molar-refractivity contribution in [3.8, 4) is 0 Å². The molecule has 0 aliphatic carbocycles. The van der Waals surface area contributed by atoms with E-state index < -0.39 is 50.1 Å². The van der Waals surface area contributed by atoms with Gasteiger partial charge < -0.3 is 37.3 Å². The van der Waals surface area contributed by atoms with E-state index in [0.29, 0.717) is 6.42 Å². The molecule has 0 aromatic carbocycles. The Kier molecular flexibility index (Phi) is 13.0. The maximum Gasteiger partial charge on any atom is 0.330 e. The predicted octanol–water partition coefficient (Wildman–Crippen LogP) is 1.86. The van der Waals surface area contributed by atoms with Crippen LogP contribution in [-0.4, -0.2) is 95.7 Å². The van der Waals surface area contributed by atoms with Gasteiger partial charge in [0.15, 0.2) is 0 Å². The Bertz CT molecular complexity index is 1250. The summed E-state index contributed by atoms with van der Waals surface area (Å²) in [5, 5.41) is 0. The maximum absolute atomic E-state index is 12.8. The highest BCUT2D eigenvalue weighted by molar-refractivity contribution is 7.43. The van der Waals surface area contributed by atoms with Crippen molar-refractivity contribution in [3.05, 3.63) is 32.6 Å². The first kappa shape index (κ1) is 36.0. The van der Waals surface area contributed by atoms with Gasteiger partial charge in [0.25, 0.3) is 5.56 Å². The number of carbonyl (C=O) groups excluding carboxylic acids is 1. The van der Waals surface area contributed by atoms with Crippen LogP contribution < -0.4 is 21.0 Å². The Morgan fingerprint density at radius 2 is 1.51 bits per heavy atom. The van der Waals surface area contributed by atoms with E-state index in [4.69, 9.17) is 9.47 Å². The van der Waals surface area contributed by atoms with Gasteiger partial charge in [0.1, 0.15) is 57.7 Å². The number of aryl methyl sites for hydroxylation is 1. The molecule has 3 atom stereocenters. The number of rotatable bonds is 19. The van der Waals surface area contributed by atoms with Crippen LogP contribution in [-0.2, 0) is 23.4 Å². The van der Waals surface area contributed by atoms with E-state index in [2.05, 4.69) is 16.4 Å². The van der Waals surface area contributed by atoms with Gasteiger partial charge in [-0.05, 0) is 32.6 Å². The van der Waals surface area contributed by atoms with Crippen LogP contribution in [0, 0.1) is 6.92 Å². The van der Waals surface area contributed by atoms with E-state index in [0.717, 1.165) is 22.0 Å². The van der Waals surface area contributed by atoms with E-state index >= 15 is 0 Å². The summed E-state index contributed by atoms with van der Waals surface area (Å²) in [5.74, 6) is -0.454. The molecule has 2 bridgehead atoms. The fourth-order valence-corrected chi connectivity index (χ4v) is 7.58. The number of piperazine rings is 3. The lowest BCUT2D eigenvalue weighted by Crippen LogP contribution is -2.75. The van der Waals surface area contributed by atoms with E-state index in [1.165, 1.54) is 115 Å². The molecule has 1 aromatic heterocycles. The third-order valence-corrected chi connectivity index (χ3v) is 10.7. The van der Waals surface area contributed by atoms with Crippen molar-refractivity contribution in [3.63, 3.8) is 0 Å². The predicted molar refractivity (Wildman–Crippen MR) is 164 cm³/mol. The van der Waals surface area contributed by atoms with Crippen LogP contribution in [0.3, 0.4) is 0 Å². The van der Waals surface area contributed by atoms with Gasteiger partial charge in [-0.15, -0.1) is 0 Å². The monoisotopic (exact) mass is 656 g/mol. The number of fused-ring (bicyclic) bond motifs is 3. The standard InChI is InChI=1S/C31H53N4O9P/c1-3-4-5-6-7-8-9-11-14-34-16-19-35(20-17-34,21-18-34)15-12-10-13-29(36)44-26-22-28(43-27(26)24-42-45(39,40)41)33-23-25(2)30(37)32-31(33)38/h23,26-28H,3-22,24H2,1-2H3,(H-2,32,37,38,39,40,41)/t26-,27+,28+,34?,35?/m0/s1. The van der Waals surface area contributed by atoms with Crippen molar-refractivity contribution >= 4 is 13.8 Å². The minimum absolute atomic E-state index is 0.0339. The summed E-state index contributed by atoms with van der Waals surface area (Å²) >= 11 is 0. The van der Waals surface area contributed by atoms with Gasteiger partial charge in [-0.1, -0.05) is 45.4 Å². The van der Waals surface area contributed by atoms with Crippen molar-refractivity contribution in [1.82, 2.24) is 9.55 Å². The number of aromatic amines is 1. The minimum atomic E-state index is -5.29. The second-order valence-corrected chi connectivity index (χ2v) is 14.7. The Hall–Kier alpha value is -1.86. The molecule has 0 amide bonds. The molecule has 4 fully saturated rings. The third kappa shape index (κ3) is 10.6. The van der Waals surface area contributed by atoms with Crippen molar-refractivity contribution in [2.75, 3.05) is 59.0 Å². The van der Waals surface area contributed by atoms with Crippen molar-refractivity contribution in [2.45, 2.75) is 109 Å². The summed E-state index contributed by atoms with van der Waals surface area (Å²) in [6, 6.07) is 0. The molecule has 4 aliphatic rings. The molecule has 0 spiro atoms. The van der Waals surface area contributed by atoms with E-state index in [1.807, 2.05) is 0 Å². The van der Waals surface area contributed by atoms with Gasteiger partial charge in [0, 0.05) is 24.6 Å². The third-order valence-electron chi connectivity index (χ3n) is 10.2. The van der Waals surface area contributed by atoms with Crippen molar-refractivity contribution in [1.29, 1.82) is 0 Å². The average molecular weight is 657 g/mol. The SMILES string of the molecule is CCCCCCCCCC[N+]12CC[N+](CCCCC(=O)O[C@H]3C[C@H](n4cc(C)c(=O)[nH]c4=O)O[C@@H]3COP(=O)([O-])[O-])(CC1)CC2. The van der Waals surface area contributed by atoms with Gasteiger partial charge >= 0.3 is 11.7 Å². The largest absolute Gasteiger partial charge is 0.790 e. The van der Waals surface area contributed by atoms with E-state index in [-0.39, 0.29) is 18.4 Å². The van der Waals surface area contributed by atoms with Crippen LogP contribution in [0.4, 0.5) is 0 Å². The molecule has 0 unspecified atom stereocenters. The average Bonchev–Trinajstić information content (AvgIpc) is 3.40. The number of aromatic nitrogens is 2. The zero-order valence-electron chi connectivity index (χ0n) is 27.1. The Balaban J connectivity index is 1.18. The fraction of sp³-hybridized carbons (Fsp3) is 0.839. The van der Waals surface area contributed by atoms with Crippen LogP contribution in [0.2, 0.25) is 0 Å². The topological polar surface area (TPSA) is 163 Å². The second kappa shape index (κ2) is 16.3. The van der Waals surface area contributed by atoms with Crippen LogP contribution in [0.15, 0.2) is 15.8 Å². The van der Waals surface area contributed by atoms with Crippen LogP contribution in [0.5, 0.6) is 0 Å². The van der Waals surface area contributed by atoms with Gasteiger partial charge in [0.05, 0.1) is 27.5 Å². The molecular formula is C31H53N4O9P. The van der Waals surface area contributed by atoms with Gasteiger partial charge in [0.2, 0.25) is 0 Å². The first-order valence-corrected chi connectivity index (χ1v) is 18.4. The number of hydrogen-bond donors (Lipinski definition) is 1.